The summed E-state index contributed by atoms with van der Waals surface area (Å²) in [5.74, 6) is -0.0162. The Kier molecular flexibility index (Phi) is 7.20. The van der Waals surface area contributed by atoms with Crippen LogP contribution in [0.25, 0.3) is 11.0 Å². The first-order valence-corrected chi connectivity index (χ1v) is 13.2. The van der Waals surface area contributed by atoms with E-state index in [0.29, 0.717) is 24.7 Å². The molecule has 2 aliphatic rings. The molecule has 0 saturated carbocycles. The van der Waals surface area contributed by atoms with E-state index in [2.05, 4.69) is 25.2 Å². The molecule has 4 heterocycles. The fraction of sp³-hybridized carbons (Fsp3) is 0.519. The lowest BCUT2D eigenvalue weighted by molar-refractivity contribution is 0.0556. The van der Waals surface area contributed by atoms with Gasteiger partial charge >= 0.3 is 11.8 Å². The number of amides is 2. The minimum absolute atomic E-state index is 0.0332. The van der Waals surface area contributed by atoms with Crippen molar-refractivity contribution < 1.29 is 14.3 Å². The molecule has 38 heavy (non-hydrogen) atoms. The summed E-state index contributed by atoms with van der Waals surface area (Å²) in [4.78, 5) is 53.0. The number of hydrogen-bond donors (Lipinski definition) is 2. The molecule has 0 spiro atoms. The van der Waals surface area contributed by atoms with Crippen molar-refractivity contribution in [3.05, 3.63) is 52.7 Å². The number of likely N-dealkylation sites (tertiary alicyclic amines) is 2. The number of nitrogens with one attached hydrogen (secondary N) is 2. The van der Waals surface area contributed by atoms with E-state index < -0.39 is 11.7 Å². The number of imidazole rings is 1. The van der Waals surface area contributed by atoms with Gasteiger partial charge in [0.05, 0.1) is 16.6 Å². The van der Waals surface area contributed by atoms with Gasteiger partial charge in [-0.05, 0) is 58.6 Å². The number of hydrogen-bond acceptors (Lipinski definition) is 7. The lowest BCUT2D eigenvalue weighted by Gasteiger charge is -2.42. The molecule has 11 nitrogen and oxygen atoms in total. The van der Waals surface area contributed by atoms with Crippen molar-refractivity contribution in [3.63, 3.8) is 0 Å². The molecular formula is C27H35N7O4. The average Bonchev–Trinajstić information content (AvgIpc) is 3.23. The molecule has 5 rings (SSSR count). The third kappa shape index (κ3) is 5.72. The molecule has 0 radical (unpaired) electrons. The SMILES string of the molecule is CC(C)(C)OC(=O)Nc1ncc(C(=O)N2CCC(N3CCC(n4c(=O)[nH]c5ccccc54)CC3)CC2)cn1. The monoisotopic (exact) mass is 521 g/mol. The van der Waals surface area contributed by atoms with Gasteiger partial charge in [0.25, 0.3) is 5.91 Å². The van der Waals surface area contributed by atoms with Crippen LogP contribution in [0.4, 0.5) is 10.7 Å². The lowest BCUT2D eigenvalue weighted by atomic mass is 9.97. The predicted octanol–water partition coefficient (Wildman–Crippen LogP) is 3.41. The highest BCUT2D eigenvalue weighted by molar-refractivity contribution is 5.94. The molecule has 2 amide bonds. The number of carbonyl (C=O) groups excluding carboxylic acids is 2. The molecule has 2 aliphatic heterocycles. The van der Waals surface area contributed by atoms with Gasteiger partial charge in [0.2, 0.25) is 5.95 Å². The Morgan fingerprint density at radius 2 is 1.61 bits per heavy atom. The summed E-state index contributed by atoms with van der Waals surface area (Å²) in [7, 11) is 0. The smallest absolute Gasteiger partial charge is 0.414 e. The van der Waals surface area contributed by atoms with Crippen molar-refractivity contribution in [2.24, 2.45) is 0 Å². The molecule has 2 saturated heterocycles. The number of piperidine rings is 2. The number of carbonyl (C=O) groups is 2. The maximum absolute atomic E-state index is 13.0. The van der Waals surface area contributed by atoms with Crippen LogP contribution in [0, 0.1) is 0 Å². The summed E-state index contributed by atoms with van der Waals surface area (Å²) < 4.78 is 7.12. The van der Waals surface area contributed by atoms with E-state index in [0.717, 1.165) is 49.8 Å². The summed E-state index contributed by atoms with van der Waals surface area (Å²) in [5.41, 5.74) is 1.59. The molecule has 3 aromatic rings. The zero-order valence-electron chi connectivity index (χ0n) is 22.1. The van der Waals surface area contributed by atoms with E-state index in [1.165, 1.54) is 12.4 Å². The summed E-state index contributed by atoms with van der Waals surface area (Å²) in [6, 6.07) is 8.48. The van der Waals surface area contributed by atoms with Gasteiger partial charge in [0.15, 0.2) is 0 Å². The van der Waals surface area contributed by atoms with Crippen LogP contribution in [0.1, 0.15) is 62.9 Å². The number of aromatic nitrogens is 4. The van der Waals surface area contributed by atoms with Crippen molar-refractivity contribution in [3.8, 4) is 0 Å². The number of aromatic amines is 1. The van der Waals surface area contributed by atoms with Crippen LogP contribution in [0.15, 0.2) is 41.5 Å². The van der Waals surface area contributed by atoms with E-state index in [-0.39, 0.29) is 23.6 Å². The Labute approximate surface area is 221 Å². The second kappa shape index (κ2) is 10.6. The lowest BCUT2D eigenvalue weighted by Crippen LogP contribution is -2.49. The van der Waals surface area contributed by atoms with Gasteiger partial charge in [0, 0.05) is 50.7 Å². The average molecular weight is 522 g/mol. The van der Waals surface area contributed by atoms with Gasteiger partial charge in [-0.3, -0.25) is 14.7 Å². The molecule has 0 aliphatic carbocycles. The number of nitrogens with zero attached hydrogens (tertiary/aromatic N) is 5. The number of H-pyrrole nitrogens is 1. The topological polar surface area (TPSA) is 125 Å². The number of fused-ring (bicyclic) bond motifs is 1. The van der Waals surface area contributed by atoms with Crippen molar-refractivity contribution in [2.75, 3.05) is 31.5 Å². The Morgan fingerprint density at radius 3 is 2.26 bits per heavy atom. The van der Waals surface area contributed by atoms with Crippen LogP contribution < -0.4 is 11.0 Å². The van der Waals surface area contributed by atoms with Crippen LogP contribution in [-0.2, 0) is 4.74 Å². The number of ether oxygens (including phenoxy) is 1. The van der Waals surface area contributed by atoms with Crippen molar-refractivity contribution >= 4 is 29.0 Å². The van der Waals surface area contributed by atoms with E-state index >= 15 is 0 Å². The van der Waals surface area contributed by atoms with Gasteiger partial charge in [-0.2, -0.15) is 0 Å². The Morgan fingerprint density at radius 1 is 0.974 bits per heavy atom. The van der Waals surface area contributed by atoms with E-state index in [1.807, 2.05) is 33.7 Å². The molecule has 2 fully saturated rings. The van der Waals surface area contributed by atoms with Crippen LogP contribution in [0.2, 0.25) is 0 Å². The first-order chi connectivity index (χ1) is 18.2. The number of para-hydroxylation sites is 2. The van der Waals surface area contributed by atoms with Crippen molar-refractivity contribution in [2.45, 2.75) is 64.1 Å². The normalized spacial score (nSPS) is 18.0. The minimum atomic E-state index is -0.642. The van der Waals surface area contributed by atoms with Crippen molar-refractivity contribution in [1.82, 2.24) is 29.3 Å². The number of rotatable bonds is 4. The van der Waals surface area contributed by atoms with Gasteiger partial charge < -0.3 is 19.5 Å². The molecule has 202 valence electrons. The molecular weight excluding hydrogens is 486 g/mol. The van der Waals surface area contributed by atoms with Crippen LogP contribution in [0.5, 0.6) is 0 Å². The van der Waals surface area contributed by atoms with Gasteiger partial charge in [0.1, 0.15) is 5.60 Å². The van der Waals surface area contributed by atoms with Crippen LogP contribution in [-0.4, -0.2) is 79.1 Å². The quantitative estimate of drug-likeness (QED) is 0.539. The van der Waals surface area contributed by atoms with Gasteiger partial charge in [-0.25, -0.2) is 19.6 Å². The van der Waals surface area contributed by atoms with Gasteiger partial charge in [-0.15, -0.1) is 0 Å². The largest absolute Gasteiger partial charge is 0.444 e. The minimum Gasteiger partial charge on any atom is -0.444 e. The highest BCUT2D eigenvalue weighted by Crippen LogP contribution is 2.28. The maximum Gasteiger partial charge on any atom is 0.414 e. The molecule has 0 unspecified atom stereocenters. The third-order valence-corrected chi connectivity index (χ3v) is 7.27. The zero-order valence-corrected chi connectivity index (χ0v) is 22.1. The summed E-state index contributed by atoms with van der Waals surface area (Å²) in [6.45, 7) is 8.53. The number of anilines is 1. The maximum atomic E-state index is 13.0. The zero-order chi connectivity index (χ0) is 26.9. The van der Waals surface area contributed by atoms with E-state index in [1.54, 1.807) is 20.8 Å². The summed E-state index contributed by atoms with van der Waals surface area (Å²) >= 11 is 0. The Balaban J connectivity index is 1.11. The predicted molar refractivity (Wildman–Crippen MR) is 143 cm³/mol. The molecule has 0 bridgehead atoms. The first-order valence-electron chi connectivity index (χ1n) is 13.2. The summed E-state index contributed by atoms with van der Waals surface area (Å²) in [5, 5.41) is 2.48. The number of benzene rings is 1. The fourth-order valence-electron chi connectivity index (χ4n) is 5.46. The second-order valence-electron chi connectivity index (χ2n) is 11.0. The standard InChI is InChI=1S/C27H35N7O4/c1-27(2,3)38-26(37)31-24-28-16-18(17-29-24)23(35)33-14-8-19(9-15-33)32-12-10-20(11-13-32)34-22-7-5-4-6-21(22)30-25(34)36/h4-7,16-17,19-20H,8-15H2,1-3H3,(H,30,36)(H,28,29,31,37). The highest BCUT2D eigenvalue weighted by atomic mass is 16.6. The Bertz CT molecular complexity index is 1340. The van der Waals surface area contributed by atoms with Crippen LogP contribution in [0.3, 0.4) is 0 Å². The molecule has 2 N–H and O–H groups in total. The summed E-state index contributed by atoms with van der Waals surface area (Å²) in [6.07, 6.45) is 5.91. The molecule has 1 aromatic carbocycles. The Hall–Kier alpha value is -3.73. The van der Waals surface area contributed by atoms with Gasteiger partial charge in [-0.1, -0.05) is 12.1 Å². The second-order valence-corrected chi connectivity index (χ2v) is 11.0. The van der Waals surface area contributed by atoms with Crippen LogP contribution >= 0.6 is 0 Å². The first kappa shape index (κ1) is 25.9. The molecule has 0 atom stereocenters. The fourth-order valence-corrected chi connectivity index (χ4v) is 5.46. The molecule has 11 heteroatoms. The third-order valence-electron chi connectivity index (χ3n) is 7.27. The van der Waals surface area contributed by atoms with E-state index in [9.17, 15) is 14.4 Å². The van der Waals surface area contributed by atoms with E-state index in [4.69, 9.17) is 4.74 Å². The van der Waals surface area contributed by atoms with Crippen molar-refractivity contribution in [1.29, 1.82) is 0 Å². The highest BCUT2D eigenvalue weighted by Gasteiger charge is 2.31. The molecule has 2 aromatic heterocycles.